The molecule has 0 aromatic heterocycles. The number of hydrogen-bond acceptors (Lipinski definition) is 4. The van der Waals surface area contributed by atoms with Gasteiger partial charge in [-0.3, -0.25) is 4.84 Å². The molecule has 2 atom stereocenters. The Bertz CT molecular complexity index is 271. The van der Waals surface area contributed by atoms with E-state index in [0.717, 1.165) is 6.42 Å². The number of nitrogens with one attached hydrogen (secondary N) is 1. The Labute approximate surface area is 92.9 Å². The quantitative estimate of drug-likeness (QED) is 0.563. The number of carboxylic acid groups (broad SMARTS) is 1. The molecule has 0 saturated carbocycles. The fourth-order valence-electron chi connectivity index (χ4n) is 1.76. The van der Waals surface area contributed by atoms with Crippen LogP contribution in [0.1, 0.15) is 13.3 Å². The normalized spacial score (nSPS) is 24.5. The third kappa shape index (κ3) is 3.07. The lowest BCUT2D eigenvalue weighted by Crippen LogP contribution is -2.45. The van der Waals surface area contributed by atoms with E-state index < -0.39 is 18.6 Å². The van der Waals surface area contributed by atoms with Crippen LogP contribution in [-0.4, -0.2) is 52.9 Å². The number of aliphatic hydroxyl groups excluding tert-OH is 1. The molecule has 1 heterocycles. The van der Waals surface area contributed by atoms with Crippen LogP contribution in [0.25, 0.3) is 0 Å². The summed E-state index contributed by atoms with van der Waals surface area (Å²) in [4.78, 5) is 27.6. The van der Waals surface area contributed by atoms with Crippen LogP contribution in [0.15, 0.2) is 0 Å². The van der Waals surface area contributed by atoms with Crippen molar-refractivity contribution >= 4 is 12.0 Å². The molecule has 0 radical (unpaired) electrons. The maximum atomic E-state index is 11.5. The van der Waals surface area contributed by atoms with E-state index in [2.05, 4.69) is 4.84 Å². The fraction of sp³-hybridized carbons (Fsp3) is 0.778. The van der Waals surface area contributed by atoms with E-state index in [9.17, 15) is 9.59 Å². The van der Waals surface area contributed by atoms with Crippen molar-refractivity contribution in [3.05, 3.63) is 0 Å². The molecule has 2 amide bonds. The molecule has 92 valence electrons. The van der Waals surface area contributed by atoms with E-state index in [1.807, 2.05) is 12.4 Å². The minimum Gasteiger partial charge on any atom is -0.479 e. The predicted molar refractivity (Wildman–Crippen MR) is 53.5 cm³/mol. The second-order valence-corrected chi connectivity index (χ2v) is 3.80. The number of rotatable bonds is 4. The van der Waals surface area contributed by atoms with Crippen molar-refractivity contribution in [1.29, 1.82) is 0 Å². The molecule has 0 aromatic carbocycles. The zero-order valence-corrected chi connectivity index (χ0v) is 9.05. The van der Waals surface area contributed by atoms with E-state index in [1.165, 1.54) is 4.90 Å². The first-order valence-electron chi connectivity index (χ1n) is 5.07. The highest BCUT2D eigenvalue weighted by atomic mass is 16.7. The van der Waals surface area contributed by atoms with E-state index in [0.29, 0.717) is 6.54 Å². The Kier molecular flexibility index (Phi) is 4.51. The summed E-state index contributed by atoms with van der Waals surface area (Å²) in [5, 5.41) is 17.4. The highest BCUT2D eigenvalue weighted by molar-refractivity contribution is 5.74. The van der Waals surface area contributed by atoms with Gasteiger partial charge in [-0.25, -0.2) is 15.1 Å². The van der Waals surface area contributed by atoms with Crippen molar-refractivity contribution in [2.45, 2.75) is 19.4 Å². The summed E-state index contributed by atoms with van der Waals surface area (Å²) in [7, 11) is 0. The van der Waals surface area contributed by atoms with Crippen LogP contribution in [0.4, 0.5) is 4.79 Å². The molecule has 0 aliphatic carbocycles. The molecule has 0 spiro atoms. The topological polar surface area (TPSA) is 99.1 Å². The molecule has 16 heavy (non-hydrogen) atoms. The average Bonchev–Trinajstić information content (AvgIpc) is 2.58. The van der Waals surface area contributed by atoms with Crippen LogP contribution in [0.3, 0.4) is 0 Å². The maximum absolute atomic E-state index is 11.5. The van der Waals surface area contributed by atoms with E-state index >= 15 is 0 Å². The lowest BCUT2D eigenvalue weighted by atomic mass is 10.0. The van der Waals surface area contributed by atoms with Crippen molar-refractivity contribution in [2.75, 3.05) is 19.8 Å². The number of carbonyl (C=O) groups excluding carboxylic acids is 1. The van der Waals surface area contributed by atoms with Gasteiger partial charge in [-0.15, -0.1) is 0 Å². The minimum atomic E-state index is -1.16. The molecule has 1 fully saturated rings. The number of hydrogen-bond donors (Lipinski definition) is 3. The fourth-order valence-corrected chi connectivity index (χ4v) is 1.76. The van der Waals surface area contributed by atoms with Gasteiger partial charge in [0.1, 0.15) is 0 Å². The number of nitrogens with zero attached hydrogens (tertiary/aromatic N) is 1. The standard InChI is InChI=1S/C9H16N2O5/c1-6-2-3-11(7(6)4-12)9(15)10-16-5-8(13)14/h6-7,12H,2-5H2,1H3,(H,10,15)(H,13,14). The number of amides is 2. The predicted octanol–water partition coefficient (Wildman–Crippen LogP) is -0.585. The molecule has 7 heteroatoms. The van der Waals surface area contributed by atoms with Gasteiger partial charge in [0.2, 0.25) is 0 Å². The molecule has 1 rings (SSSR count). The largest absolute Gasteiger partial charge is 0.479 e. The number of aliphatic carboxylic acids is 1. The van der Waals surface area contributed by atoms with Gasteiger partial charge < -0.3 is 15.1 Å². The molecular weight excluding hydrogens is 216 g/mol. The van der Waals surface area contributed by atoms with Crippen LogP contribution < -0.4 is 5.48 Å². The first-order chi connectivity index (χ1) is 7.56. The third-order valence-corrected chi connectivity index (χ3v) is 2.69. The number of urea groups is 1. The van der Waals surface area contributed by atoms with Gasteiger partial charge in [0.25, 0.3) is 0 Å². The Morgan fingerprint density at radius 2 is 2.25 bits per heavy atom. The Balaban J connectivity index is 2.38. The average molecular weight is 232 g/mol. The molecule has 7 nitrogen and oxygen atoms in total. The Morgan fingerprint density at radius 3 is 2.81 bits per heavy atom. The summed E-state index contributed by atoms with van der Waals surface area (Å²) < 4.78 is 0. The van der Waals surface area contributed by atoms with E-state index in [-0.39, 0.29) is 18.6 Å². The molecule has 1 saturated heterocycles. The van der Waals surface area contributed by atoms with Crippen molar-refractivity contribution < 1.29 is 24.6 Å². The van der Waals surface area contributed by atoms with E-state index in [1.54, 1.807) is 0 Å². The summed E-state index contributed by atoms with van der Waals surface area (Å²) in [6.45, 7) is 1.80. The van der Waals surface area contributed by atoms with Gasteiger partial charge in [0.05, 0.1) is 12.6 Å². The van der Waals surface area contributed by atoms with Crippen LogP contribution in [0.2, 0.25) is 0 Å². The molecule has 1 aliphatic rings. The number of carbonyl (C=O) groups is 2. The van der Waals surface area contributed by atoms with Gasteiger partial charge in [0, 0.05) is 6.54 Å². The van der Waals surface area contributed by atoms with E-state index in [4.69, 9.17) is 10.2 Å². The SMILES string of the molecule is CC1CCN(C(=O)NOCC(=O)O)C1CO. The number of carboxylic acids is 1. The number of hydroxylamine groups is 1. The molecular formula is C9H16N2O5. The third-order valence-electron chi connectivity index (χ3n) is 2.69. The van der Waals surface area contributed by atoms with Crippen molar-refractivity contribution in [3.63, 3.8) is 0 Å². The molecule has 1 aliphatic heterocycles. The Morgan fingerprint density at radius 1 is 1.56 bits per heavy atom. The summed E-state index contributed by atoms with van der Waals surface area (Å²) in [5.74, 6) is -0.927. The summed E-state index contributed by atoms with van der Waals surface area (Å²) in [6, 6.07) is -0.738. The Hall–Kier alpha value is -1.34. The maximum Gasteiger partial charge on any atom is 0.341 e. The molecule has 3 N–H and O–H groups in total. The molecule has 0 aromatic rings. The number of aliphatic hydroxyl groups is 1. The van der Waals surface area contributed by atoms with Crippen LogP contribution >= 0.6 is 0 Å². The van der Waals surface area contributed by atoms with Gasteiger partial charge in [0.15, 0.2) is 6.61 Å². The van der Waals surface area contributed by atoms with Gasteiger partial charge in [-0.2, -0.15) is 0 Å². The smallest absolute Gasteiger partial charge is 0.341 e. The zero-order chi connectivity index (χ0) is 12.1. The van der Waals surface area contributed by atoms with Crippen LogP contribution in [0, 0.1) is 5.92 Å². The summed E-state index contributed by atoms with van der Waals surface area (Å²) in [6.07, 6.45) is 0.817. The first-order valence-corrected chi connectivity index (χ1v) is 5.07. The highest BCUT2D eigenvalue weighted by Gasteiger charge is 2.33. The van der Waals surface area contributed by atoms with Crippen molar-refractivity contribution in [3.8, 4) is 0 Å². The zero-order valence-electron chi connectivity index (χ0n) is 9.05. The van der Waals surface area contributed by atoms with Crippen LogP contribution in [0.5, 0.6) is 0 Å². The molecule has 0 bridgehead atoms. The first kappa shape index (κ1) is 12.7. The summed E-state index contributed by atoms with van der Waals surface area (Å²) in [5.41, 5.74) is 2.04. The lowest BCUT2D eigenvalue weighted by Gasteiger charge is -2.24. The second-order valence-electron chi connectivity index (χ2n) is 3.80. The van der Waals surface area contributed by atoms with Crippen molar-refractivity contribution in [2.24, 2.45) is 5.92 Å². The van der Waals surface area contributed by atoms with Gasteiger partial charge in [-0.1, -0.05) is 6.92 Å². The summed E-state index contributed by atoms with van der Waals surface area (Å²) >= 11 is 0. The minimum absolute atomic E-state index is 0.104. The highest BCUT2D eigenvalue weighted by Crippen LogP contribution is 2.23. The molecule has 2 unspecified atom stereocenters. The van der Waals surface area contributed by atoms with Crippen LogP contribution in [-0.2, 0) is 9.63 Å². The van der Waals surface area contributed by atoms with Gasteiger partial charge >= 0.3 is 12.0 Å². The lowest BCUT2D eigenvalue weighted by molar-refractivity contribution is -0.144. The monoisotopic (exact) mass is 232 g/mol. The second kappa shape index (κ2) is 5.66. The van der Waals surface area contributed by atoms with Crippen molar-refractivity contribution in [1.82, 2.24) is 10.4 Å². The number of likely N-dealkylation sites (tertiary alicyclic amines) is 1. The van der Waals surface area contributed by atoms with Gasteiger partial charge in [-0.05, 0) is 12.3 Å².